The highest BCUT2D eigenvalue weighted by Crippen LogP contribution is 2.40. The summed E-state index contributed by atoms with van der Waals surface area (Å²) in [6.07, 6.45) is 6.58. The van der Waals surface area contributed by atoms with Crippen LogP contribution in [-0.4, -0.2) is 63.8 Å². The molecule has 2 aliphatic rings. The second-order valence-corrected chi connectivity index (χ2v) is 7.70. The van der Waals surface area contributed by atoms with E-state index in [1.807, 2.05) is 37.1 Å². The van der Waals surface area contributed by atoms with Gasteiger partial charge in [0, 0.05) is 36.1 Å². The van der Waals surface area contributed by atoms with Gasteiger partial charge in [0.05, 0.1) is 13.1 Å². The van der Waals surface area contributed by atoms with Gasteiger partial charge in [-0.1, -0.05) is 24.1 Å². The summed E-state index contributed by atoms with van der Waals surface area (Å²) in [4.78, 5) is 34.7. The molecule has 1 fully saturated rings. The molecule has 140 valence electrons. The summed E-state index contributed by atoms with van der Waals surface area (Å²) >= 11 is 0. The van der Waals surface area contributed by atoms with Gasteiger partial charge in [-0.25, -0.2) is 4.79 Å². The fraction of sp³-hybridized carbons (Fsp3) is 0.429. The van der Waals surface area contributed by atoms with Crippen LogP contribution in [0.1, 0.15) is 24.6 Å². The molecule has 0 aliphatic carbocycles. The van der Waals surface area contributed by atoms with Crippen LogP contribution in [0.2, 0.25) is 0 Å². The molecule has 3 heterocycles. The Morgan fingerprint density at radius 2 is 2.11 bits per heavy atom. The van der Waals surface area contributed by atoms with E-state index < -0.39 is 5.54 Å². The van der Waals surface area contributed by atoms with Crippen LogP contribution < -0.4 is 0 Å². The zero-order valence-electron chi connectivity index (χ0n) is 15.8. The highest BCUT2D eigenvalue weighted by atomic mass is 16.2. The molecule has 27 heavy (non-hydrogen) atoms. The Morgan fingerprint density at radius 3 is 2.89 bits per heavy atom. The fourth-order valence-electron chi connectivity index (χ4n) is 4.29. The molecule has 1 aromatic carbocycles. The lowest BCUT2D eigenvalue weighted by atomic mass is 9.86. The van der Waals surface area contributed by atoms with Crippen molar-refractivity contribution < 1.29 is 9.59 Å². The SMILES string of the molecule is C#CCN(C)CCCN1C(=O)N2Cc3[nH]c4ccccc4c3CC2(C)C1=O. The van der Waals surface area contributed by atoms with Crippen molar-refractivity contribution in [3.63, 3.8) is 0 Å². The van der Waals surface area contributed by atoms with Crippen LogP contribution in [0.25, 0.3) is 10.9 Å². The maximum atomic E-state index is 13.1. The van der Waals surface area contributed by atoms with Gasteiger partial charge < -0.3 is 9.88 Å². The number of nitrogens with zero attached hydrogens (tertiary/aromatic N) is 3. The molecule has 0 spiro atoms. The fourth-order valence-corrected chi connectivity index (χ4v) is 4.29. The number of hydrogen-bond donors (Lipinski definition) is 1. The standard InChI is InChI=1S/C21H24N4O2/c1-4-10-23(3)11-7-12-24-19(26)21(2)13-16-15-8-5-6-9-17(15)22-18(16)14-25(21)20(24)27/h1,5-6,8-9,22H,7,10-14H2,2-3H3. The van der Waals surface area contributed by atoms with Crippen molar-refractivity contribution in [3.8, 4) is 12.3 Å². The van der Waals surface area contributed by atoms with Crippen LogP contribution in [-0.2, 0) is 17.8 Å². The number of terminal acetylenes is 1. The Labute approximate surface area is 159 Å². The largest absolute Gasteiger partial charge is 0.357 e. The Morgan fingerprint density at radius 1 is 1.33 bits per heavy atom. The zero-order chi connectivity index (χ0) is 19.2. The van der Waals surface area contributed by atoms with Crippen LogP contribution in [0.4, 0.5) is 4.79 Å². The summed E-state index contributed by atoms with van der Waals surface area (Å²) in [6, 6.07) is 7.91. The highest BCUT2D eigenvalue weighted by molar-refractivity contribution is 6.07. The smallest absolute Gasteiger partial charge is 0.328 e. The maximum absolute atomic E-state index is 13.1. The Balaban J connectivity index is 1.55. The van der Waals surface area contributed by atoms with E-state index in [0.29, 0.717) is 32.5 Å². The number of carbonyl (C=O) groups excluding carboxylic acids is 2. The molecule has 0 bridgehead atoms. The zero-order valence-corrected chi connectivity index (χ0v) is 15.8. The lowest BCUT2D eigenvalue weighted by molar-refractivity contribution is -0.133. The predicted molar refractivity (Wildman–Crippen MR) is 104 cm³/mol. The molecule has 0 saturated carbocycles. The summed E-state index contributed by atoms with van der Waals surface area (Å²) in [6.45, 7) is 4.07. The number of nitrogens with one attached hydrogen (secondary N) is 1. The number of urea groups is 1. The van der Waals surface area contributed by atoms with Gasteiger partial charge in [-0.3, -0.25) is 14.6 Å². The van der Waals surface area contributed by atoms with Crippen molar-refractivity contribution in [2.24, 2.45) is 0 Å². The second kappa shape index (κ2) is 6.43. The minimum atomic E-state index is -0.806. The maximum Gasteiger partial charge on any atom is 0.328 e. The second-order valence-electron chi connectivity index (χ2n) is 7.70. The number of rotatable bonds is 5. The lowest BCUT2D eigenvalue weighted by Gasteiger charge is -2.35. The third kappa shape index (κ3) is 2.70. The molecule has 1 N–H and O–H groups in total. The first-order valence-corrected chi connectivity index (χ1v) is 9.30. The predicted octanol–water partition coefficient (Wildman–Crippen LogP) is 2.20. The van der Waals surface area contributed by atoms with Gasteiger partial charge in [0.15, 0.2) is 0 Å². The number of imide groups is 1. The van der Waals surface area contributed by atoms with Gasteiger partial charge in [0.2, 0.25) is 0 Å². The summed E-state index contributed by atoms with van der Waals surface area (Å²) in [5.74, 6) is 2.50. The number of para-hydroxylation sites is 1. The van der Waals surface area contributed by atoms with Crippen molar-refractivity contribution >= 4 is 22.8 Å². The number of benzene rings is 1. The lowest BCUT2D eigenvalue weighted by Crippen LogP contribution is -2.51. The molecule has 1 atom stereocenters. The van der Waals surface area contributed by atoms with Gasteiger partial charge in [0.1, 0.15) is 5.54 Å². The molecular formula is C21H24N4O2. The Bertz CT molecular complexity index is 957. The monoisotopic (exact) mass is 364 g/mol. The van der Waals surface area contributed by atoms with E-state index in [2.05, 4.69) is 17.0 Å². The van der Waals surface area contributed by atoms with Crippen molar-refractivity contribution in [1.82, 2.24) is 19.7 Å². The minimum absolute atomic E-state index is 0.0944. The first kappa shape index (κ1) is 17.6. The third-order valence-electron chi connectivity index (χ3n) is 5.79. The van der Waals surface area contributed by atoms with Crippen LogP contribution >= 0.6 is 0 Å². The van der Waals surface area contributed by atoms with Gasteiger partial charge in [-0.2, -0.15) is 0 Å². The molecular weight excluding hydrogens is 340 g/mol. The molecule has 3 amide bonds. The number of hydrogen-bond acceptors (Lipinski definition) is 3. The van der Waals surface area contributed by atoms with E-state index in [4.69, 9.17) is 6.42 Å². The normalized spacial score (nSPS) is 21.7. The highest BCUT2D eigenvalue weighted by Gasteiger charge is 2.56. The topological polar surface area (TPSA) is 59.6 Å². The number of amides is 3. The molecule has 0 radical (unpaired) electrons. The summed E-state index contributed by atoms with van der Waals surface area (Å²) in [7, 11) is 1.94. The average Bonchev–Trinajstić information content (AvgIpc) is 3.08. The van der Waals surface area contributed by atoms with Gasteiger partial charge in [0.25, 0.3) is 5.91 Å². The number of aromatic amines is 1. The Kier molecular flexibility index (Phi) is 4.20. The van der Waals surface area contributed by atoms with E-state index in [1.165, 1.54) is 4.90 Å². The van der Waals surface area contributed by atoms with Crippen molar-refractivity contribution in [1.29, 1.82) is 0 Å². The number of fused-ring (bicyclic) bond motifs is 4. The molecule has 1 saturated heterocycles. The molecule has 2 aromatic rings. The van der Waals surface area contributed by atoms with E-state index in [-0.39, 0.29) is 11.9 Å². The van der Waals surface area contributed by atoms with Crippen LogP contribution in [0.5, 0.6) is 0 Å². The molecule has 1 unspecified atom stereocenters. The number of aromatic nitrogens is 1. The van der Waals surface area contributed by atoms with Gasteiger partial charge in [-0.15, -0.1) is 6.42 Å². The summed E-state index contributed by atoms with van der Waals surface area (Å²) in [5.41, 5.74) is 2.44. The molecule has 4 rings (SSSR count). The van der Waals surface area contributed by atoms with E-state index in [1.54, 1.807) is 4.90 Å². The molecule has 6 heteroatoms. The van der Waals surface area contributed by atoms with E-state index in [9.17, 15) is 9.59 Å². The average molecular weight is 364 g/mol. The van der Waals surface area contributed by atoms with E-state index in [0.717, 1.165) is 28.7 Å². The molecule has 1 aromatic heterocycles. The van der Waals surface area contributed by atoms with Crippen molar-refractivity contribution in [2.45, 2.75) is 31.8 Å². The minimum Gasteiger partial charge on any atom is -0.357 e. The Hall–Kier alpha value is -2.78. The quantitative estimate of drug-likeness (QED) is 0.654. The van der Waals surface area contributed by atoms with Crippen molar-refractivity contribution in [3.05, 3.63) is 35.5 Å². The molecule has 2 aliphatic heterocycles. The first-order chi connectivity index (χ1) is 13.0. The van der Waals surface area contributed by atoms with Gasteiger partial charge in [-0.05, 0) is 32.0 Å². The molecule has 6 nitrogen and oxygen atoms in total. The van der Waals surface area contributed by atoms with Crippen LogP contribution in [0.15, 0.2) is 24.3 Å². The van der Waals surface area contributed by atoms with Crippen molar-refractivity contribution in [2.75, 3.05) is 26.7 Å². The summed E-state index contributed by atoms with van der Waals surface area (Å²) in [5, 5.41) is 1.14. The number of carbonyl (C=O) groups is 2. The van der Waals surface area contributed by atoms with Crippen LogP contribution in [0, 0.1) is 12.3 Å². The third-order valence-corrected chi connectivity index (χ3v) is 5.79. The van der Waals surface area contributed by atoms with E-state index >= 15 is 0 Å². The first-order valence-electron chi connectivity index (χ1n) is 9.30. The van der Waals surface area contributed by atoms with Gasteiger partial charge >= 0.3 is 6.03 Å². The number of H-pyrrole nitrogens is 1. The summed E-state index contributed by atoms with van der Waals surface area (Å²) < 4.78 is 0. The van der Waals surface area contributed by atoms with Crippen LogP contribution in [0.3, 0.4) is 0 Å².